The second-order valence-electron chi connectivity index (χ2n) is 2.77. The summed E-state index contributed by atoms with van der Waals surface area (Å²) in [6.07, 6.45) is 3.64. The molecular weight excluding hydrogens is 154 g/mol. The van der Waals surface area contributed by atoms with Crippen LogP contribution < -0.4 is 5.32 Å². The first-order chi connectivity index (χ1) is 5.91. The molecule has 0 aromatic carbocycles. The fraction of sp³-hybridized carbons (Fsp3) is 1.00. The Morgan fingerprint density at radius 1 is 1.00 bits per heavy atom. The molecular formula is C9H21NO2. The van der Waals surface area contributed by atoms with Crippen LogP contribution in [-0.4, -0.2) is 40.5 Å². The SMILES string of the molecule is CNCCCCCOCCOC. The maximum atomic E-state index is 5.31. The van der Waals surface area contributed by atoms with Gasteiger partial charge in [-0.1, -0.05) is 0 Å². The van der Waals surface area contributed by atoms with Crippen molar-refractivity contribution in [2.24, 2.45) is 0 Å². The quantitative estimate of drug-likeness (QED) is 0.531. The Kier molecular flexibility index (Phi) is 10.8. The van der Waals surface area contributed by atoms with Crippen LogP contribution in [0.3, 0.4) is 0 Å². The lowest BCUT2D eigenvalue weighted by Gasteiger charge is -2.02. The van der Waals surface area contributed by atoms with E-state index in [0.717, 1.165) is 26.2 Å². The molecule has 0 aromatic rings. The number of unbranched alkanes of at least 4 members (excludes halogenated alkanes) is 2. The van der Waals surface area contributed by atoms with Gasteiger partial charge in [0.1, 0.15) is 0 Å². The molecule has 3 heteroatoms. The zero-order valence-electron chi connectivity index (χ0n) is 8.27. The van der Waals surface area contributed by atoms with Crippen molar-refractivity contribution in [3.8, 4) is 0 Å². The van der Waals surface area contributed by atoms with Crippen LogP contribution in [0.4, 0.5) is 0 Å². The van der Waals surface area contributed by atoms with Gasteiger partial charge in [0.2, 0.25) is 0 Å². The average Bonchev–Trinajstić information content (AvgIpc) is 2.10. The minimum Gasteiger partial charge on any atom is -0.382 e. The smallest absolute Gasteiger partial charge is 0.0700 e. The minimum atomic E-state index is 0.705. The van der Waals surface area contributed by atoms with Crippen LogP contribution in [0, 0.1) is 0 Å². The van der Waals surface area contributed by atoms with Gasteiger partial charge < -0.3 is 14.8 Å². The summed E-state index contributed by atoms with van der Waals surface area (Å²) in [5.41, 5.74) is 0. The van der Waals surface area contributed by atoms with Crippen molar-refractivity contribution in [1.82, 2.24) is 5.32 Å². The molecule has 0 saturated carbocycles. The van der Waals surface area contributed by atoms with Gasteiger partial charge in [-0.2, -0.15) is 0 Å². The summed E-state index contributed by atoms with van der Waals surface area (Å²) < 4.78 is 10.2. The fourth-order valence-electron chi connectivity index (χ4n) is 0.927. The van der Waals surface area contributed by atoms with Gasteiger partial charge in [0.15, 0.2) is 0 Å². The molecule has 0 atom stereocenters. The molecule has 0 aromatic heterocycles. The molecule has 0 fully saturated rings. The third-order valence-electron chi connectivity index (χ3n) is 1.65. The number of ether oxygens (including phenoxy) is 2. The van der Waals surface area contributed by atoms with Crippen molar-refractivity contribution in [2.45, 2.75) is 19.3 Å². The van der Waals surface area contributed by atoms with Gasteiger partial charge in [0, 0.05) is 13.7 Å². The highest BCUT2D eigenvalue weighted by atomic mass is 16.5. The normalized spacial score (nSPS) is 10.5. The van der Waals surface area contributed by atoms with Gasteiger partial charge in [-0.25, -0.2) is 0 Å². The van der Waals surface area contributed by atoms with Gasteiger partial charge in [0.25, 0.3) is 0 Å². The van der Waals surface area contributed by atoms with Crippen molar-refractivity contribution < 1.29 is 9.47 Å². The molecule has 0 aliphatic heterocycles. The minimum absolute atomic E-state index is 0.705. The van der Waals surface area contributed by atoms with E-state index in [4.69, 9.17) is 9.47 Å². The summed E-state index contributed by atoms with van der Waals surface area (Å²) >= 11 is 0. The van der Waals surface area contributed by atoms with E-state index in [2.05, 4.69) is 5.32 Å². The second-order valence-corrected chi connectivity index (χ2v) is 2.77. The van der Waals surface area contributed by atoms with Crippen LogP contribution in [-0.2, 0) is 9.47 Å². The predicted molar refractivity (Wildman–Crippen MR) is 50.5 cm³/mol. The zero-order chi connectivity index (χ0) is 9.07. The van der Waals surface area contributed by atoms with Crippen molar-refractivity contribution in [3.05, 3.63) is 0 Å². The van der Waals surface area contributed by atoms with E-state index in [1.54, 1.807) is 7.11 Å². The standard InChI is InChI=1S/C9H21NO2/c1-10-6-4-3-5-7-12-9-8-11-2/h10H,3-9H2,1-2H3. The van der Waals surface area contributed by atoms with Crippen LogP contribution in [0.5, 0.6) is 0 Å². The van der Waals surface area contributed by atoms with Gasteiger partial charge in [-0.3, -0.25) is 0 Å². The highest BCUT2D eigenvalue weighted by Crippen LogP contribution is 1.94. The molecule has 3 nitrogen and oxygen atoms in total. The molecule has 0 rings (SSSR count). The lowest BCUT2D eigenvalue weighted by atomic mass is 10.2. The predicted octanol–water partition coefficient (Wildman–Crippen LogP) is 1.04. The number of nitrogens with one attached hydrogen (secondary N) is 1. The van der Waals surface area contributed by atoms with E-state index >= 15 is 0 Å². The summed E-state index contributed by atoms with van der Waals surface area (Å²) in [7, 11) is 3.67. The highest BCUT2D eigenvalue weighted by molar-refractivity contribution is 4.43. The molecule has 0 aliphatic carbocycles. The third-order valence-corrected chi connectivity index (χ3v) is 1.65. The first-order valence-corrected chi connectivity index (χ1v) is 4.63. The maximum absolute atomic E-state index is 5.31. The first-order valence-electron chi connectivity index (χ1n) is 4.63. The van der Waals surface area contributed by atoms with E-state index in [0.29, 0.717) is 6.61 Å². The molecule has 0 spiro atoms. The van der Waals surface area contributed by atoms with E-state index in [-0.39, 0.29) is 0 Å². The average molecular weight is 175 g/mol. The largest absolute Gasteiger partial charge is 0.382 e. The molecule has 0 radical (unpaired) electrons. The van der Waals surface area contributed by atoms with Crippen LogP contribution >= 0.6 is 0 Å². The molecule has 0 heterocycles. The van der Waals surface area contributed by atoms with Crippen LogP contribution in [0.15, 0.2) is 0 Å². The summed E-state index contributed by atoms with van der Waals surface area (Å²) in [5.74, 6) is 0. The fourth-order valence-corrected chi connectivity index (χ4v) is 0.927. The third kappa shape index (κ3) is 9.88. The lowest BCUT2D eigenvalue weighted by molar-refractivity contribution is 0.0686. The van der Waals surface area contributed by atoms with Crippen molar-refractivity contribution in [1.29, 1.82) is 0 Å². The summed E-state index contributed by atoms with van der Waals surface area (Å²) in [6.45, 7) is 3.41. The van der Waals surface area contributed by atoms with Crippen molar-refractivity contribution >= 4 is 0 Å². The first kappa shape index (κ1) is 11.9. The highest BCUT2D eigenvalue weighted by Gasteiger charge is 1.89. The van der Waals surface area contributed by atoms with E-state index < -0.39 is 0 Å². The number of rotatable bonds is 9. The molecule has 0 unspecified atom stereocenters. The van der Waals surface area contributed by atoms with Crippen molar-refractivity contribution in [2.75, 3.05) is 40.5 Å². The van der Waals surface area contributed by atoms with Crippen molar-refractivity contribution in [3.63, 3.8) is 0 Å². The topological polar surface area (TPSA) is 30.5 Å². The molecule has 0 aliphatic rings. The van der Waals surface area contributed by atoms with Crippen LogP contribution in [0.1, 0.15) is 19.3 Å². The Balaban J connectivity index is 2.73. The van der Waals surface area contributed by atoms with Gasteiger partial charge in [-0.05, 0) is 32.9 Å². The lowest BCUT2D eigenvalue weighted by Crippen LogP contribution is -2.08. The summed E-state index contributed by atoms with van der Waals surface area (Å²) in [5, 5.41) is 3.12. The number of hydrogen-bond donors (Lipinski definition) is 1. The van der Waals surface area contributed by atoms with E-state index in [1.807, 2.05) is 7.05 Å². The van der Waals surface area contributed by atoms with Gasteiger partial charge in [-0.15, -0.1) is 0 Å². The van der Waals surface area contributed by atoms with Crippen LogP contribution in [0.25, 0.3) is 0 Å². The summed E-state index contributed by atoms with van der Waals surface area (Å²) in [6, 6.07) is 0. The molecule has 74 valence electrons. The van der Waals surface area contributed by atoms with E-state index in [9.17, 15) is 0 Å². The molecule has 0 bridgehead atoms. The Morgan fingerprint density at radius 2 is 1.83 bits per heavy atom. The molecule has 1 N–H and O–H groups in total. The molecule has 12 heavy (non-hydrogen) atoms. The Morgan fingerprint density at radius 3 is 2.50 bits per heavy atom. The molecule has 0 saturated heterocycles. The Labute approximate surface area is 75.4 Å². The monoisotopic (exact) mass is 175 g/mol. The van der Waals surface area contributed by atoms with E-state index in [1.165, 1.54) is 12.8 Å². The zero-order valence-corrected chi connectivity index (χ0v) is 8.27. The van der Waals surface area contributed by atoms with Crippen LogP contribution in [0.2, 0.25) is 0 Å². The summed E-state index contributed by atoms with van der Waals surface area (Å²) in [4.78, 5) is 0. The molecule has 0 amide bonds. The Hall–Kier alpha value is -0.120. The number of hydrogen-bond acceptors (Lipinski definition) is 3. The Bertz CT molecular complexity index is 68.9. The maximum Gasteiger partial charge on any atom is 0.0700 e. The van der Waals surface area contributed by atoms with Gasteiger partial charge in [0.05, 0.1) is 13.2 Å². The number of methoxy groups -OCH3 is 1. The van der Waals surface area contributed by atoms with Gasteiger partial charge >= 0.3 is 0 Å². The second kappa shape index (κ2) is 10.9.